The fraction of sp³-hybridized carbons (Fsp3) is 0.480. The molecule has 1 atom stereocenters. The van der Waals surface area contributed by atoms with E-state index in [4.69, 9.17) is 9.47 Å². The van der Waals surface area contributed by atoms with Crippen molar-refractivity contribution < 1.29 is 22.7 Å². The lowest BCUT2D eigenvalue weighted by Gasteiger charge is -2.46. The van der Waals surface area contributed by atoms with Gasteiger partial charge >= 0.3 is 0 Å². The average molecular weight is 471 g/mol. The molecule has 0 aromatic heterocycles. The summed E-state index contributed by atoms with van der Waals surface area (Å²) in [6.45, 7) is 3.71. The lowest BCUT2D eigenvalue weighted by molar-refractivity contribution is 0.0593. The molecular formula is C25H30N2O5S. The molecule has 1 amide bonds. The first-order chi connectivity index (χ1) is 15.7. The van der Waals surface area contributed by atoms with Crippen LogP contribution in [0.15, 0.2) is 41.3 Å². The van der Waals surface area contributed by atoms with Crippen LogP contribution >= 0.6 is 0 Å². The fourth-order valence-corrected chi connectivity index (χ4v) is 6.47. The molecule has 0 N–H and O–H groups in total. The first kappa shape index (κ1) is 22.2. The minimum absolute atomic E-state index is 0.110. The number of nitrogens with zero attached hydrogens (tertiary/aromatic N) is 2. The van der Waals surface area contributed by atoms with Crippen LogP contribution < -0.4 is 9.47 Å². The van der Waals surface area contributed by atoms with Gasteiger partial charge in [-0.05, 0) is 61.2 Å². The Morgan fingerprint density at radius 3 is 2.39 bits per heavy atom. The van der Waals surface area contributed by atoms with Crippen LogP contribution in [0.2, 0.25) is 0 Å². The number of hydrogen-bond donors (Lipinski definition) is 0. The third kappa shape index (κ3) is 3.60. The Kier molecular flexibility index (Phi) is 5.40. The molecule has 2 heterocycles. The normalized spacial score (nSPS) is 21.3. The largest absolute Gasteiger partial charge is 0.486 e. The molecule has 0 saturated heterocycles. The van der Waals surface area contributed by atoms with Gasteiger partial charge in [0.1, 0.15) is 13.2 Å². The third-order valence-electron chi connectivity index (χ3n) is 7.36. The number of hydrogen-bond acceptors (Lipinski definition) is 5. The van der Waals surface area contributed by atoms with Crippen LogP contribution in [-0.4, -0.2) is 57.4 Å². The summed E-state index contributed by atoms with van der Waals surface area (Å²) < 4.78 is 38.1. The molecule has 1 aliphatic carbocycles. The Balaban J connectivity index is 1.56. The average Bonchev–Trinajstić information content (AvgIpc) is 3.29. The van der Waals surface area contributed by atoms with Crippen molar-refractivity contribution in [3.05, 3.63) is 53.1 Å². The van der Waals surface area contributed by atoms with E-state index in [1.807, 2.05) is 17.9 Å². The van der Waals surface area contributed by atoms with Gasteiger partial charge in [0.2, 0.25) is 10.0 Å². The van der Waals surface area contributed by atoms with Crippen molar-refractivity contribution in [2.45, 2.75) is 49.0 Å². The SMILES string of the molecule is CC1c2cc3c(cc2C2(CCCC2)CN1C(=O)c1cccc(S(=O)(=O)N(C)C)c1)OCCO3. The van der Waals surface area contributed by atoms with Gasteiger partial charge in [-0.15, -0.1) is 0 Å². The Morgan fingerprint density at radius 1 is 1.06 bits per heavy atom. The summed E-state index contributed by atoms with van der Waals surface area (Å²) in [6.07, 6.45) is 4.29. The molecular weight excluding hydrogens is 440 g/mol. The highest BCUT2D eigenvalue weighted by molar-refractivity contribution is 7.89. The molecule has 1 spiro atoms. The highest BCUT2D eigenvalue weighted by atomic mass is 32.2. The van der Waals surface area contributed by atoms with Crippen molar-refractivity contribution in [3.63, 3.8) is 0 Å². The smallest absolute Gasteiger partial charge is 0.254 e. The van der Waals surface area contributed by atoms with Crippen LogP contribution in [-0.2, 0) is 15.4 Å². The number of ether oxygens (including phenoxy) is 2. The summed E-state index contributed by atoms with van der Waals surface area (Å²) in [6, 6.07) is 10.4. The van der Waals surface area contributed by atoms with Gasteiger partial charge in [-0.1, -0.05) is 18.9 Å². The predicted molar refractivity (Wildman–Crippen MR) is 124 cm³/mol. The van der Waals surface area contributed by atoms with Crippen LogP contribution in [0, 0.1) is 0 Å². The quantitative estimate of drug-likeness (QED) is 0.683. The molecule has 176 valence electrons. The van der Waals surface area contributed by atoms with E-state index >= 15 is 0 Å². The van der Waals surface area contributed by atoms with Crippen molar-refractivity contribution in [3.8, 4) is 11.5 Å². The predicted octanol–water partition coefficient (Wildman–Crippen LogP) is 3.74. The number of fused-ring (bicyclic) bond motifs is 3. The molecule has 8 heteroatoms. The van der Waals surface area contributed by atoms with Crippen LogP contribution in [0.5, 0.6) is 11.5 Å². The van der Waals surface area contributed by atoms with E-state index < -0.39 is 10.0 Å². The summed E-state index contributed by atoms with van der Waals surface area (Å²) in [5, 5.41) is 0. The van der Waals surface area contributed by atoms with Crippen molar-refractivity contribution in [2.24, 2.45) is 0 Å². The molecule has 2 aromatic rings. The topological polar surface area (TPSA) is 76.2 Å². The molecule has 0 bridgehead atoms. The van der Waals surface area contributed by atoms with Gasteiger partial charge in [0.15, 0.2) is 11.5 Å². The van der Waals surface area contributed by atoms with Crippen molar-refractivity contribution in [1.82, 2.24) is 9.21 Å². The summed E-state index contributed by atoms with van der Waals surface area (Å²) >= 11 is 0. The molecule has 33 heavy (non-hydrogen) atoms. The second-order valence-corrected chi connectivity index (χ2v) is 11.6. The van der Waals surface area contributed by atoms with E-state index in [2.05, 4.69) is 6.07 Å². The minimum atomic E-state index is -3.63. The van der Waals surface area contributed by atoms with E-state index in [1.165, 1.54) is 31.8 Å². The van der Waals surface area contributed by atoms with Crippen molar-refractivity contribution >= 4 is 15.9 Å². The van der Waals surface area contributed by atoms with Crippen molar-refractivity contribution in [2.75, 3.05) is 33.9 Å². The number of carbonyl (C=O) groups is 1. The number of amides is 1. The molecule has 1 saturated carbocycles. The molecule has 1 fully saturated rings. The summed E-state index contributed by atoms with van der Waals surface area (Å²) in [5.41, 5.74) is 2.64. The van der Waals surface area contributed by atoms with E-state index in [0.29, 0.717) is 25.3 Å². The Labute approximate surface area is 195 Å². The van der Waals surface area contributed by atoms with Gasteiger partial charge in [0.25, 0.3) is 5.91 Å². The lowest BCUT2D eigenvalue weighted by atomic mass is 9.71. The van der Waals surface area contributed by atoms with Gasteiger partial charge in [-0.3, -0.25) is 4.79 Å². The monoisotopic (exact) mass is 470 g/mol. The van der Waals surface area contributed by atoms with E-state index in [0.717, 1.165) is 47.1 Å². The first-order valence-corrected chi connectivity index (χ1v) is 12.9. The lowest BCUT2D eigenvalue weighted by Crippen LogP contribution is -2.48. The molecule has 5 rings (SSSR count). The zero-order chi connectivity index (χ0) is 23.4. The maximum Gasteiger partial charge on any atom is 0.254 e. The van der Waals surface area contributed by atoms with Crippen LogP contribution in [0.1, 0.15) is 60.1 Å². The standard InChI is InChI=1S/C25H30N2O5S/c1-17-20-14-22-23(32-12-11-31-22)15-21(20)25(9-4-5-10-25)16-27(17)24(28)18-7-6-8-19(13-18)33(29,30)26(2)3/h6-8,13-15,17H,4-5,9-12,16H2,1-3H3. The maximum absolute atomic E-state index is 13.8. The van der Waals surface area contributed by atoms with Gasteiger partial charge in [-0.2, -0.15) is 0 Å². The number of sulfonamides is 1. The molecule has 0 radical (unpaired) electrons. The second kappa shape index (κ2) is 8.02. The minimum Gasteiger partial charge on any atom is -0.486 e. The highest BCUT2D eigenvalue weighted by Gasteiger charge is 2.46. The Bertz CT molecular complexity index is 1200. The van der Waals surface area contributed by atoms with E-state index in [1.54, 1.807) is 12.1 Å². The summed E-state index contributed by atoms with van der Waals surface area (Å²) in [7, 11) is -0.646. The van der Waals surface area contributed by atoms with E-state index in [-0.39, 0.29) is 22.3 Å². The zero-order valence-corrected chi connectivity index (χ0v) is 20.2. The van der Waals surface area contributed by atoms with Gasteiger partial charge in [0.05, 0.1) is 10.9 Å². The zero-order valence-electron chi connectivity index (χ0n) is 19.3. The van der Waals surface area contributed by atoms with Gasteiger partial charge in [-0.25, -0.2) is 12.7 Å². The van der Waals surface area contributed by atoms with E-state index in [9.17, 15) is 13.2 Å². The summed E-state index contributed by atoms with van der Waals surface area (Å²) in [4.78, 5) is 15.8. The fourth-order valence-electron chi connectivity index (χ4n) is 5.52. The second-order valence-electron chi connectivity index (χ2n) is 9.49. The highest BCUT2D eigenvalue weighted by Crippen LogP contribution is 2.52. The maximum atomic E-state index is 13.8. The number of benzene rings is 2. The Morgan fingerprint density at radius 2 is 1.73 bits per heavy atom. The first-order valence-electron chi connectivity index (χ1n) is 11.5. The molecule has 1 unspecified atom stereocenters. The number of rotatable bonds is 3. The number of carbonyl (C=O) groups excluding carboxylic acids is 1. The molecule has 2 aromatic carbocycles. The Hall–Kier alpha value is -2.58. The third-order valence-corrected chi connectivity index (χ3v) is 9.17. The molecule has 7 nitrogen and oxygen atoms in total. The van der Waals surface area contributed by atoms with Crippen LogP contribution in [0.4, 0.5) is 0 Å². The molecule has 3 aliphatic rings. The van der Waals surface area contributed by atoms with Gasteiger partial charge in [0, 0.05) is 31.6 Å². The van der Waals surface area contributed by atoms with Crippen LogP contribution in [0.25, 0.3) is 0 Å². The molecule has 2 aliphatic heterocycles. The van der Waals surface area contributed by atoms with Crippen LogP contribution in [0.3, 0.4) is 0 Å². The van der Waals surface area contributed by atoms with Crippen molar-refractivity contribution in [1.29, 1.82) is 0 Å². The summed E-state index contributed by atoms with van der Waals surface area (Å²) in [5.74, 6) is 1.37. The van der Waals surface area contributed by atoms with Gasteiger partial charge < -0.3 is 14.4 Å².